The van der Waals surface area contributed by atoms with Gasteiger partial charge in [0.1, 0.15) is 0 Å². The summed E-state index contributed by atoms with van der Waals surface area (Å²) in [4.78, 5) is 40.0. The first kappa shape index (κ1) is 25.3. The van der Waals surface area contributed by atoms with Gasteiger partial charge in [0.2, 0.25) is 5.95 Å². The summed E-state index contributed by atoms with van der Waals surface area (Å²) in [5, 5.41) is 16.1. The molecular formula is C27H26N6O4S. The molecule has 38 heavy (non-hydrogen) atoms. The maximum atomic E-state index is 13.2. The number of fused-ring (bicyclic) bond motifs is 1. The molecule has 0 aliphatic carbocycles. The van der Waals surface area contributed by atoms with Crippen LogP contribution in [-0.2, 0) is 6.54 Å². The number of pyridine rings is 1. The zero-order valence-electron chi connectivity index (χ0n) is 21.3. The van der Waals surface area contributed by atoms with Crippen LogP contribution >= 0.6 is 11.3 Å². The number of carbonyl (C=O) groups is 2. The highest BCUT2D eigenvalue weighted by Crippen LogP contribution is 2.31. The molecule has 1 aromatic carbocycles. The summed E-state index contributed by atoms with van der Waals surface area (Å²) in [7, 11) is 1.57. The monoisotopic (exact) mass is 530 g/mol. The second-order valence-corrected chi connectivity index (χ2v) is 10.5. The van der Waals surface area contributed by atoms with Crippen molar-refractivity contribution in [2.75, 3.05) is 12.4 Å². The lowest BCUT2D eigenvalue weighted by Gasteiger charge is -2.20. The molecule has 5 rings (SSSR count). The molecule has 2 amide bonds. The Kier molecular flexibility index (Phi) is 6.55. The lowest BCUT2D eigenvalue weighted by molar-refractivity contribution is 0.0630. The normalized spacial score (nSPS) is 11.6. The highest BCUT2D eigenvalue weighted by Gasteiger charge is 2.23. The van der Waals surface area contributed by atoms with Crippen molar-refractivity contribution in [2.24, 2.45) is 0 Å². The van der Waals surface area contributed by atoms with E-state index in [9.17, 15) is 14.7 Å². The van der Waals surface area contributed by atoms with E-state index in [1.54, 1.807) is 63.0 Å². The Hall–Kier alpha value is -4.35. The number of carbonyl (C=O) groups excluding carboxylic acids is 2. The molecule has 0 fully saturated rings. The highest BCUT2D eigenvalue weighted by molar-refractivity contribution is 7.17. The van der Waals surface area contributed by atoms with Crippen molar-refractivity contribution in [3.63, 3.8) is 0 Å². The first-order chi connectivity index (χ1) is 18.1. The van der Waals surface area contributed by atoms with Crippen molar-refractivity contribution in [2.45, 2.75) is 32.9 Å². The number of thiophene rings is 1. The Bertz CT molecular complexity index is 1660. The number of hydrogen-bond acceptors (Lipinski definition) is 8. The molecule has 0 saturated heterocycles. The fraction of sp³-hybridized carbons (Fsp3) is 0.222. The molecule has 3 N–H and O–H groups in total. The van der Waals surface area contributed by atoms with E-state index in [4.69, 9.17) is 4.42 Å². The number of anilines is 1. The van der Waals surface area contributed by atoms with Crippen LogP contribution in [0, 0.1) is 6.92 Å². The Morgan fingerprint density at radius 3 is 2.66 bits per heavy atom. The van der Waals surface area contributed by atoms with Crippen LogP contribution in [0.25, 0.3) is 32.9 Å². The van der Waals surface area contributed by atoms with Crippen LogP contribution in [0.3, 0.4) is 0 Å². The predicted octanol–water partition coefficient (Wildman–Crippen LogP) is 4.51. The second-order valence-electron chi connectivity index (χ2n) is 9.38. The summed E-state index contributed by atoms with van der Waals surface area (Å²) < 4.78 is 7.33. The molecule has 5 aromatic rings. The van der Waals surface area contributed by atoms with Crippen LogP contribution < -0.4 is 10.6 Å². The van der Waals surface area contributed by atoms with Gasteiger partial charge in [0.05, 0.1) is 50.4 Å². The molecule has 0 spiro atoms. The van der Waals surface area contributed by atoms with Gasteiger partial charge in [-0.3, -0.25) is 19.9 Å². The highest BCUT2D eigenvalue weighted by atomic mass is 32.1. The number of amides is 2. The van der Waals surface area contributed by atoms with Crippen molar-refractivity contribution in [1.82, 2.24) is 24.8 Å². The Morgan fingerprint density at radius 1 is 1.13 bits per heavy atom. The first-order valence-corrected chi connectivity index (χ1v) is 12.7. The van der Waals surface area contributed by atoms with E-state index in [2.05, 4.69) is 25.6 Å². The van der Waals surface area contributed by atoms with E-state index in [1.807, 2.05) is 24.3 Å². The molecule has 0 atom stereocenters. The van der Waals surface area contributed by atoms with Crippen LogP contribution in [0.1, 0.15) is 39.8 Å². The fourth-order valence-electron chi connectivity index (χ4n) is 4.10. The molecule has 0 bridgehead atoms. The predicted molar refractivity (Wildman–Crippen MR) is 145 cm³/mol. The summed E-state index contributed by atoms with van der Waals surface area (Å²) in [6.45, 7) is 5.33. The van der Waals surface area contributed by atoms with Crippen LogP contribution in [0.5, 0.6) is 0 Å². The Morgan fingerprint density at radius 2 is 1.95 bits per heavy atom. The van der Waals surface area contributed by atoms with Crippen LogP contribution in [0.15, 0.2) is 59.3 Å². The fourth-order valence-corrected chi connectivity index (χ4v) is 4.95. The summed E-state index contributed by atoms with van der Waals surface area (Å²) in [5.74, 6) is 0.856. The van der Waals surface area contributed by atoms with E-state index < -0.39 is 5.60 Å². The largest absolute Gasteiger partial charge is 0.440 e. The summed E-state index contributed by atoms with van der Waals surface area (Å²) in [6, 6.07) is 12.4. The minimum absolute atomic E-state index is 0.193. The smallest absolute Gasteiger partial charge is 0.268 e. The van der Waals surface area contributed by atoms with Crippen molar-refractivity contribution in [1.29, 1.82) is 0 Å². The van der Waals surface area contributed by atoms with Gasteiger partial charge in [-0.25, -0.2) is 9.97 Å². The first-order valence-electron chi connectivity index (χ1n) is 11.9. The molecule has 4 aromatic heterocycles. The standard InChI is InChI=1S/C27H26N6O4S/c1-15-30-13-20(37-15)21-9-10-22(38-21)25(35)32-26-31-18-12-16(7-8-19(18)33(26)14-27(2,3)36)23-17(24(34)28-4)6-5-11-29-23/h5-13,36H,14H2,1-4H3,(H,28,34)(H,31,32,35). The van der Waals surface area contributed by atoms with Crippen molar-refractivity contribution >= 4 is 40.1 Å². The van der Waals surface area contributed by atoms with Crippen LogP contribution in [0.2, 0.25) is 0 Å². The number of aliphatic hydroxyl groups is 1. The molecular weight excluding hydrogens is 504 g/mol. The maximum Gasteiger partial charge on any atom is 0.268 e. The third-order valence-corrected chi connectivity index (χ3v) is 6.86. The number of aromatic nitrogens is 4. The lowest BCUT2D eigenvalue weighted by Crippen LogP contribution is -2.27. The van der Waals surface area contributed by atoms with Crippen molar-refractivity contribution in [3.8, 4) is 21.9 Å². The zero-order chi connectivity index (χ0) is 27.0. The van der Waals surface area contributed by atoms with Crippen molar-refractivity contribution < 1.29 is 19.1 Å². The number of nitrogens with zero attached hydrogens (tertiary/aromatic N) is 4. The van der Waals surface area contributed by atoms with E-state index in [-0.39, 0.29) is 18.4 Å². The second kappa shape index (κ2) is 9.84. The molecule has 4 heterocycles. The minimum atomic E-state index is -1.07. The molecule has 0 aliphatic rings. The van der Waals surface area contributed by atoms with Crippen LogP contribution in [-0.4, -0.2) is 49.1 Å². The SMILES string of the molecule is CNC(=O)c1cccnc1-c1ccc2c(c1)nc(NC(=O)c1ccc(-c3cnc(C)o3)s1)n2CC(C)(C)O. The Balaban J connectivity index is 1.52. The molecule has 0 radical (unpaired) electrons. The van der Waals surface area contributed by atoms with Gasteiger partial charge in [-0.15, -0.1) is 11.3 Å². The maximum absolute atomic E-state index is 13.2. The van der Waals surface area contributed by atoms with Gasteiger partial charge in [0, 0.05) is 25.7 Å². The van der Waals surface area contributed by atoms with E-state index in [1.165, 1.54) is 11.3 Å². The summed E-state index contributed by atoms with van der Waals surface area (Å²) in [6.07, 6.45) is 3.25. The number of imidazole rings is 1. The van der Waals surface area contributed by atoms with E-state index in [0.29, 0.717) is 50.3 Å². The quantitative estimate of drug-likeness (QED) is 0.282. The van der Waals surface area contributed by atoms with E-state index in [0.717, 1.165) is 4.88 Å². The molecule has 194 valence electrons. The molecule has 0 aliphatic heterocycles. The molecule has 10 nitrogen and oxygen atoms in total. The zero-order valence-corrected chi connectivity index (χ0v) is 22.1. The number of rotatable bonds is 7. The van der Waals surface area contributed by atoms with Gasteiger partial charge in [0.25, 0.3) is 11.8 Å². The number of benzene rings is 1. The van der Waals surface area contributed by atoms with E-state index >= 15 is 0 Å². The van der Waals surface area contributed by atoms with Gasteiger partial charge in [-0.2, -0.15) is 0 Å². The molecule has 11 heteroatoms. The van der Waals surface area contributed by atoms with Crippen LogP contribution in [0.4, 0.5) is 5.95 Å². The topological polar surface area (TPSA) is 135 Å². The number of oxazole rings is 1. The average Bonchev–Trinajstić information content (AvgIpc) is 3.62. The van der Waals surface area contributed by atoms with Gasteiger partial charge in [-0.05, 0) is 50.2 Å². The minimum Gasteiger partial charge on any atom is -0.440 e. The Labute approximate surface area is 222 Å². The summed E-state index contributed by atoms with van der Waals surface area (Å²) >= 11 is 1.28. The van der Waals surface area contributed by atoms with Gasteiger partial charge < -0.3 is 19.4 Å². The number of nitrogens with one attached hydrogen (secondary N) is 2. The average molecular weight is 531 g/mol. The lowest BCUT2D eigenvalue weighted by atomic mass is 10.0. The third-order valence-electron chi connectivity index (χ3n) is 5.77. The van der Waals surface area contributed by atoms with Gasteiger partial charge >= 0.3 is 0 Å². The number of aryl methyl sites for hydroxylation is 1. The van der Waals surface area contributed by atoms with Gasteiger partial charge in [-0.1, -0.05) is 6.07 Å². The molecule has 0 unspecified atom stereocenters. The van der Waals surface area contributed by atoms with Crippen molar-refractivity contribution in [3.05, 3.63) is 71.2 Å². The molecule has 0 saturated carbocycles. The van der Waals surface area contributed by atoms with Gasteiger partial charge in [0.15, 0.2) is 11.7 Å². The third kappa shape index (κ3) is 5.06. The summed E-state index contributed by atoms with van der Waals surface area (Å²) in [5.41, 5.74) is 1.89. The number of hydrogen-bond donors (Lipinski definition) is 3.